The first kappa shape index (κ1) is 22.2. The summed E-state index contributed by atoms with van der Waals surface area (Å²) in [7, 11) is -1.49. The number of rotatable bonds is 5. The van der Waals surface area contributed by atoms with E-state index in [1.165, 1.54) is 21.1 Å². The second-order valence-corrected chi connectivity index (χ2v) is 10.7. The van der Waals surface area contributed by atoms with Crippen molar-refractivity contribution in [3.8, 4) is 0 Å². The molecule has 0 spiro atoms. The number of nitrogens with zero attached hydrogens (tertiary/aromatic N) is 3. The van der Waals surface area contributed by atoms with Gasteiger partial charge in [0.25, 0.3) is 5.91 Å². The molecule has 11 nitrogen and oxygen atoms in total. The molecule has 4 rings (SSSR count). The minimum Gasteiger partial charge on any atom is -0.368 e. The van der Waals surface area contributed by atoms with Gasteiger partial charge in [-0.3, -0.25) is 33.9 Å². The standard InChI is InChI=1S/C19H18N4O7S2/c1-9-11(12(24)10-7-5-4-6-8-10)23-16(27)13(30-3)17(23)32(28,29)18(9)31-19-20-14(25)15(26)21-22(19)2/h4-8,13,17-18H,1-3H3,(H,21,26)/t13-,17+,18?/m0/s1. The first-order valence-corrected chi connectivity index (χ1v) is 11.8. The van der Waals surface area contributed by atoms with Crippen molar-refractivity contribution in [1.29, 1.82) is 0 Å². The fourth-order valence-corrected chi connectivity index (χ4v) is 7.61. The van der Waals surface area contributed by atoms with E-state index in [1.54, 1.807) is 30.3 Å². The summed E-state index contributed by atoms with van der Waals surface area (Å²) in [6, 6.07) is 8.16. The molecular weight excluding hydrogens is 460 g/mol. The number of Topliss-reactive ketones (excluding diaryl/α,β-unsaturated/α-hetero) is 1. The number of aromatic amines is 1. The van der Waals surface area contributed by atoms with Crippen molar-refractivity contribution in [2.45, 2.75) is 28.1 Å². The fraction of sp³-hybridized carbons (Fsp3) is 0.316. The summed E-state index contributed by atoms with van der Waals surface area (Å²) in [4.78, 5) is 53.8. The lowest BCUT2D eigenvalue weighted by atomic mass is 9.99. The number of nitrogens with one attached hydrogen (secondary N) is 1. The van der Waals surface area contributed by atoms with E-state index >= 15 is 0 Å². The number of fused-ring (bicyclic) bond motifs is 1. The number of methoxy groups -OCH3 is 1. The summed E-state index contributed by atoms with van der Waals surface area (Å²) in [5, 5.41) is 0.791. The molecule has 2 aliphatic rings. The van der Waals surface area contributed by atoms with Gasteiger partial charge in [0.2, 0.25) is 5.78 Å². The summed E-state index contributed by atoms with van der Waals surface area (Å²) in [6.45, 7) is 1.44. The smallest absolute Gasteiger partial charge is 0.339 e. The van der Waals surface area contributed by atoms with E-state index in [-0.39, 0.29) is 22.0 Å². The van der Waals surface area contributed by atoms with Gasteiger partial charge in [-0.05, 0) is 12.5 Å². The van der Waals surface area contributed by atoms with Crippen molar-refractivity contribution in [2.24, 2.45) is 7.05 Å². The number of hydrogen-bond donors (Lipinski definition) is 1. The molecule has 1 saturated heterocycles. The lowest BCUT2D eigenvalue weighted by molar-refractivity contribution is -0.158. The third-order valence-corrected chi connectivity index (χ3v) is 9.58. The van der Waals surface area contributed by atoms with Crippen LogP contribution >= 0.6 is 11.8 Å². The second-order valence-electron chi connectivity index (χ2n) is 7.22. The Morgan fingerprint density at radius 3 is 2.47 bits per heavy atom. The summed E-state index contributed by atoms with van der Waals surface area (Å²) in [5.41, 5.74) is -1.68. The largest absolute Gasteiger partial charge is 0.368 e. The zero-order valence-corrected chi connectivity index (χ0v) is 18.8. The van der Waals surface area contributed by atoms with E-state index in [1.807, 2.05) is 0 Å². The van der Waals surface area contributed by atoms with Crippen LogP contribution < -0.4 is 11.1 Å². The lowest BCUT2D eigenvalue weighted by Crippen LogP contribution is -2.71. The Kier molecular flexibility index (Phi) is 5.43. The molecule has 2 aromatic rings. The number of thioether (sulfide) groups is 1. The number of ether oxygens (including phenoxy) is 1. The maximum Gasteiger partial charge on any atom is 0.339 e. The SMILES string of the molecule is CO[C@H]1C(=O)N2C(C(=O)c3ccccc3)=C(C)C(Sc3nc(=O)c(=O)[nH]n3C)S(=O)(=O)[C@H]12. The lowest BCUT2D eigenvalue weighted by Gasteiger charge is -2.50. The molecule has 0 aliphatic carbocycles. The predicted molar refractivity (Wildman–Crippen MR) is 114 cm³/mol. The average Bonchev–Trinajstić information content (AvgIpc) is 2.75. The molecule has 168 valence electrons. The Balaban J connectivity index is 1.89. The summed E-state index contributed by atoms with van der Waals surface area (Å²) in [5.74, 6) is -1.14. The molecule has 32 heavy (non-hydrogen) atoms. The molecule has 2 aliphatic heterocycles. The maximum absolute atomic E-state index is 13.4. The molecular formula is C19H18N4O7S2. The number of aryl methyl sites for hydroxylation is 1. The number of β-lactam (4-membered cyclic amide) rings is 1. The highest BCUT2D eigenvalue weighted by Crippen LogP contribution is 2.46. The van der Waals surface area contributed by atoms with Crippen molar-refractivity contribution in [2.75, 3.05) is 7.11 Å². The highest BCUT2D eigenvalue weighted by atomic mass is 32.3. The zero-order chi connectivity index (χ0) is 23.4. The number of carbonyl (C=O) groups excluding carboxylic acids is 2. The third-order valence-electron chi connectivity index (χ3n) is 5.26. The number of sulfone groups is 1. The van der Waals surface area contributed by atoms with Crippen molar-refractivity contribution >= 4 is 33.3 Å². The Hall–Kier alpha value is -3.03. The van der Waals surface area contributed by atoms with E-state index < -0.39 is 48.7 Å². The number of benzene rings is 1. The Morgan fingerprint density at radius 1 is 1.19 bits per heavy atom. The summed E-state index contributed by atoms with van der Waals surface area (Å²) in [6.07, 6.45) is -1.26. The average molecular weight is 479 g/mol. The molecule has 1 aromatic carbocycles. The van der Waals surface area contributed by atoms with E-state index in [0.717, 1.165) is 9.58 Å². The quantitative estimate of drug-likeness (QED) is 0.346. The maximum atomic E-state index is 13.4. The van der Waals surface area contributed by atoms with Gasteiger partial charge in [0.15, 0.2) is 26.5 Å². The molecule has 3 atom stereocenters. The van der Waals surface area contributed by atoms with Crippen molar-refractivity contribution < 1.29 is 22.7 Å². The van der Waals surface area contributed by atoms with Crippen LogP contribution in [0.3, 0.4) is 0 Å². The van der Waals surface area contributed by atoms with Crippen LogP contribution in [0.25, 0.3) is 0 Å². The normalized spacial score (nSPS) is 24.2. The molecule has 1 N–H and O–H groups in total. The van der Waals surface area contributed by atoms with E-state index in [9.17, 15) is 27.6 Å². The van der Waals surface area contributed by atoms with Gasteiger partial charge in [-0.2, -0.15) is 4.98 Å². The summed E-state index contributed by atoms with van der Waals surface area (Å²) >= 11 is 0.689. The van der Waals surface area contributed by atoms with Gasteiger partial charge < -0.3 is 4.74 Å². The molecule has 1 amide bonds. The van der Waals surface area contributed by atoms with Crippen LogP contribution in [0.4, 0.5) is 0 Å². The van der Waals surface area contributed by atoms with E-state index in [0.29, 0.717) is 11.8 Å². The van der Waals surface area contributed by atoms with Gasteiger partial charge >= 0.3 is 11.1 Å². The molecule has 0 radical (unpaired) electrons. The zero-order valence-electron chi connectivity index (χ0n) is 17.1. The van der Waals surface area contributed by atoms with Crippen LogP contribution in [0.1, 0.15) is 17.3 Å². The van der Waals surface area contributed by atoms with Crippen LogP contribution in [-0.4, -0.2) is 62.9 Å². The number of allylic oxidation sites excluding steroid dienone is 1. The highest BCUT2D eigenvalue weighted by Gasteiger charge is 2.63. The fourth-order valence-electron chi connectivity index (χ4n) is 3.72. The molecule has 1 aromatic heterocycles. The van der Waals surface area contributed by atoms with Crippen molar-refractivity contribution in [1.82, 2.24) is 19.7 Å². The minimum atomic E-state index is -4.11. The van der Waals surface area contributed by atoms with Gasteiger partial charge in [0.05, 0.1) is 5.70 Å². The molecule has 1 fully saturated rings. The first-order chi connectivity index (χ1) is 15.1. The van der Waals surface area contributed by atoms with Crippen LogP contribution in [0.5, 0.6) is 0 Å². The number of amides is 1. The molecule has 0 saturated carbocycles. The van der Waals surface area contributed by atoms with Crippen LogP contribution in [-0.2, 0) is 26.4 Å². The first-order valence-electron chi connectivity index (χ1n) is 9.32. The van der Waals surface area contributed by atoms with Gasteiger partial charge in [-0.1, -0.05) is 42.1 Å². The second kappa shape index (κ2) is 7.83. The van der Waals surface area contributed by atoms with Crippen molar-refractivity contribution in [3.05, 3.63) is 67.9 Å². The monoisotopic (exact) mass is 478 g/mol. The third kappa shape index (κ3) is 3.24. The van der Waals surface area contributed by atoms with Gasteiger partial charge in [0.1, 0.15) is 4.58 Å². The number of hydrogen-bond acceptors (Lipinski definition) is 9. The topological polar surface area (TPSA) is 148 Å². The van der Waals surface area contributed by atoms with Crippen LogP contribution in [0.15, 0.2) is 56.3 Å². The molecule has 0 bridgehead atoms. The highest BCUT2D eigenvalue weighted by molar-refractivity contribution is 8.14. The Morgan fingerprint density at radius 2 is 1.84 bits per heavy atom. The number of H-pyrrole nitrogens is 1. The predicted octanol–water partition coefficient (Wildman–Crippen LogP) is -0.345. The summed E-state index contributed by atoms with van der Waals surface area (Å²) < 4.78 is 31.8. The molecule has 3 heterocycles. The molecule has 1 unspecified atom stereocenters. The van der Waals surface area contributed by atoms with E-state index in [2.05, 4.69) is 10.1 Å². The van der Waals surface area contributed by atoms with Gasteiger partial charge in [0, 0.05) is 19.7 Å². The number of carbonyl (C=O) groups is 2. The van der Waals surface area contributed by atoms with Gasteiger partial charge in [-0.15, -0.1) is 0 Å². The Bertz CT molecular complexity index is 1380. The van der Waals surface area contributed by atoms with Gasteiger partial charge in [-0.25, -0.2) is 8.42 Å². The van der Waals surface area contributed by atoms with E-state index in [4.69, 9.17) is 4.74 Å². The minimum absolute atomic E-state index is 0.0544. The van der Waals surface area contributed by atoms with Crippen LogP contribution in [0.2, 0.25) is 0 Å². The van der Waals surface area contributed by atoms with Crippen LogP contribution in [0, 0.1) is 0 Å². The molecule has 13 heteroatoms. The Labute approximate surface area is 186 Å². The number of ketones is 1. The number of aromatic nitrogens is 3. The van der Waals surface area contributed by atoms with Crippen molar-refractivity contribution in [3.63, 3.8) is 0 Å².